The smallest absolute Gasteiger partial charge is 0.332 e. The second kappa shape index (κ2) is 5.84. The summed E-state index contributed by atoms with van der Waals surface area (Å²) in [5, 5.41) is 8.81. The van der Waals surface area contributed by atoms with Gasteiger partial charge in [-0.25, -0.2) is 4.79 Å². The van der Waals surface area contributed by atoms with Crippen molar-refractivity contribution in [2.24, 2.45) is 0 Å². The fourth-order valence-electron chi connectivity index (χ4n) is 2.00. The van der Waals surface area contributed by atoms with Crippen molar-refractivity contribution in [2.75, 3.05) is 6.61 Å². The topological polar surface area (TPSA) is 72.8 Å². The second-order valence-corrected chi connectivity index (χ2v) is 4.56. The first-order chi connectivity index (χ1) is 9.06. The quantitative estimate of drug-likeness (QED) is 0.822. The number of rotatable bonds is 5. The molecule has 0 spiro atoms. The van der Waals surface area contributed by atoms with E-state index in [0.29, 0.717) is 30.8 Å². The van der Waals surface area contributed by atoms with Gasteiger partial charge in [-0.15, -0.1) is 0 Å². The highest BCUT2D eigenvalue weighted by Gasteiger charge is 2.30. The summed E-state index contributed by atoms with van der Waals surface area (Å²) in [6.45, 7) is 1.79. The number of hydrogen-bond donors (Lipinski definition) is 1. The molecule has 0 radical (unpaired) electrons. The largest absolute Gasteiger partial charge is 0.491 e. The van der Waals surface area contributed by atoms with Gasteiger partial charge in [-0.3, -0.25) is 4.79 Å². The molecule has 2 unspecified atom stereocenters. The average Bonchev–Trinajstić information content (AvgIpc) is 2.85. The Hall–Kier alpha value is -1.88. The summed E-state index contributed by atoms with van der Waals surface area (Å²) in [5.74, 6) is -0.357. The summed E-state index contributed by atoms with van der Waals surface area (Å²) in [5.41, 5.74) is 0.591. The second-order valence-electron chi connectivity index (χ2n) is 4.56. The lowest BCUT2D eigenvalue weighted by molar-refractivity contribution is -0.149. The lowest BCUT2D eigenvalue weighted by atomic mass is 10.1. The van der Waals surface area contributed by atoms with Crippen LogP contribution >= 0.6 is 0 Å². The third-order valence-electron chi connectivity index (χ3n) is 3.06. The monoisotopic (exact) mass is 264 g/mol. The molecule has 0 aliphatic carbocycles. The number of carboxylic acids is 1. The standard InChI is InChI=1S/C14H16O5/c1-9(15)10-3-2-4-11(7-10)18-8-12-5-6-13(19-12)14(16)17/h2-4,7,12-13H,5-6,8H2,1H3,(H,16,17). The van der Waals surface area contributed by atoms with Gasteiger partial charge in [0.25, 0.3) is 0 Å². The molecule has 0 saturated carbocycles. The number of hydrogen-bond acceptors (Lipinski definition) is 4. The van der Waals surface area contributed by atoms with Gasteiger partial charge < -0.3 is 14.6 Å². The Bertz CT molecular complexity index is 482. The van der Waals surface area contributed by atoms with Crippen LogP contribution in [0, 0.1) is 0 Å². The van der Waals surface area contributed by atoms with Gasteiger partial charge in [-0.05, 0) is 31.9 Å². The fraction of sp³-hybridized carbons (Fsp3) is 0.429. The van der Waals surface area contributed by atoms with Crippen LogP contribution in [0.3, 0.4) is 0 Å². The zero-order chi connectivity index (χ0) is 13.8. The number of carboxylic acid groups (broad SMARTS) is 1. The highest BCUT2D eigenvalue weighted by atomic mass is 16.6. The number of carbonyl (C=O) groups excluding carboxylic acids is 1. The summed E-state index contributed by atoms with van der Waals surface area (Å²) < 4.78 is 10.9. The van der Waals surface area contributed by atoms with Crippen LogP contribution in [0.1, 0.15) is 30.1 Å². The Labute approximate surface area is 111 Å². The SMILES string of the molecule is CC(=O)c1cccc(OCC2CCC(C(=O)O)O2)c1. The molecule has 1 heterocycles. The molecule has 1 N–H and O–H groups in total. The number of carbonyl (C=O) groups is 2. The highest BCUT2D eigenvalue weighted by Crippen LogP contribution is 2.21. The zero-order valence-electron chi connectivity index (χ0n) is 10.7. The molecule has 2 atom stereocenters. The van der Waals surface area contributed by atoms with E-state index in [1.807, 2.05) is 0 Å². The van der Waals surface area contributed by atoms with E-state index in [4.69, 9.17) is 14.6 Å². The third kappa shape index (κ3) is 3.54. The van der Waals surface area contributed by atoms with Crippen LogP contribution in [0.5, 0.6) is 5.75 Å². The lowest BCUT2D eigenvalue weighted by Gasteiger charge is -2.13. The van der Waals surface area contributed by atoms with Gasteiger partial charge in [0.05, 0.1) is 6.10 Å². The predicted octanol–water partition coefficient (Wildman–Crippen LogP) is 1.90. The molecule has 2 rings (SSSR count). The minimum absolute atomic E-state index is 0.0199. The first-order valence-electron chi connectivity index (χ1n) is 6.18. The van der Waals surface area contributed by atoms with Gasteiger partial charge in [-0.2, -0.15) is 0 Å². The van der Waals surface area contributed by atoms with Gasteiger partial charge in [0.1, 0.15) is 12.4 Å². The van der Waals surface area contributed by atoms with Crippen LogP contribution < -0.4 is 4.74 Å². The van der Waals surface area contributed by atoms with Crippen LogP contribution in [-0.2, 0) is 9.53 Å². The van der Waals surface area contributed by atoms with Crippen molar-refractivity contribution in [3.63, 3.8) is 0 Å². The number of aliphatic carboxylic acids is 1. The molecular weight excluding hydrogens is 248 g/mol. The summed E-state index contributed by atoms with van der Waals surface area (Å²) in [6, 6.07) is 6.91. The Kier molecular flexibility index (Phi) is 4.16. The molecular formula is C14H16O5. The third-order valence-corrected chi connectivity index (χ3v) is 3.06. The van der Waals surface area contributed by atoms with Crippen molar-refractivity contribution in [1.82, 2.24) is 0 Å². The number of benzene rings is 1. The number of ketones is 1. The van der Waals surface area contributed by atoms with Crippen LogP contribution in [0.15, 0.2) is 24.3 Å². The molecule has 5 nitrogen and oxygen atoms in total. The van der Waals surface area contributed by atoms with E-state index in [-0.39, 0.29) is 11.9 Å². The summed E-state index contributed by atoms with van der Waals surface area (Å²) in [6.07, 6.45) is 0.250. The number of ether oxygens (including phenoxy) is 2. The molecule has 1 fully saturated rings. The van der Waals surface area contributed by atoms with E-state index >= 15 is 0 Å². The first-order valence-corrected chi connectivity index (χ1v) is 6.18. The Morgan fingerprint density at radius 1 is 1.42 bits per heavy atom. The summed E-state index contributed by atoms with van der Waals surface area (Å²) >= 11 is 0. The average molecular weight is 264 g/mol. The first kappa shape index (κ1) is 13.5. The van der Waals surface area contributed by atoms with Crippen molar-refractivity contribution in [2.45, 2.75) is 32.0 Å². The number of Topliss-reactive ketones (excluding diaryl/α,β-unsaturated/α-hetero) is 1. The Morgan fingerprint density at radius 2 is 2.21 bits per heavy atom. The molecule has 1 aromatic rings. The Balaban J connectivity index is 1.88. The van der Waals surface area contributed by atoms with Crippen LogP contribution in [-0.4, -0.2) is 35.7 Å². The summed E-state index contributed by atoms with van der Waals surface area (Å²) in [4.78, 5) is 22.0. The zero-order valence-corrected chi connectivity index (χ0v) is 10.7. The van der Waals surface area contributed by atoms with E-state index in [1.54, 1.807) is 24.3 Å². The minimum Gasteiger partial charge on any atom is -0.491 e. The molecule has 5 heteroatoms. The lowest BCUT2D eigenvalue weighted by Crippen LogP contribution is -2.23. The molecule has 19 heavy (non-hydrogen) atoms. The molecule has 0 bridgehead atoms. The van der Waals surface area contributed by atoms with E-state index in [1.165, 1.54) is 6.92 Å². The van der Waals surface area contributed by atoms with E-state index < -0.39 is 12.1 Å². The van der Waals surface area contributed by atoms with E-state index in [2.05, 4.69) is 0 Å². The molecule has 0 amide bonds. The highest BCUT2D eigenvalue weighted by molar-refractivity contribution is 5.94. The normalized spacial score (nSPS) is 22.2. The van der Waals surface area contributed by atoms with E-state index in [9.17, 15) is 9.59 Å². The van der Waals surface area contributed by atoms with Gasteiger partial charge in [0.2, 0.25) is 0 Å². The maximum absolute atomic E-state index is 11.2. The van der Waals surface area contributed by atoms with Crippen molar-refractivity contribution in [3.05, 3.63) is 29.8 Å². The van der Waals surface area contributed by atoms with Gasteiger partial charge in [-0.1, -0.05) is 12.1 Å². The minimum atomic E-state index is -0.930. The molecule has 1 aliphatic heterocycles. The summed E-state index contributed by atoms with van der Waals surface area (Å²) in [7, 11) is 0. The van der Waals surface area contributed by atoms with Crippen molar-refractivity contribution in [1.29, 1.82) is 0 Å². The van der Waals surface area contributed by atoms with Crippen LogP contribution in [0.25, 0.3) is 0 Å². The van der Waals surface area contributed by atoms with Crippen LogP contribution in [0.4, 0.5) is 0 Å². The van der Waals surface area contributed by atoms with Gasteiger partial charge in [0.15, 0.2) is 11.9 Å². The molecule has 0 aromatic heterocycles. The van der Waals surface area contributed by atoms with E-state index in [0.717, 1.165) is 0 Å². The maximum atomic E-state index is 11.2. The molecule has 102 valence electrons. The van der Waals surface area contributed by atoms with Crippen molar-refractivity contribution < 1.29 is 24.2 Å². The van der Waals surface area contributed by atoms with Crippen molar-refractivity contribution >= 4 is 11.8 Å². The molecule has 1 aromatic carbocycles. The van der Waals surface area contributed by atoms with Gasteiger partial charge in [0, 0.05) is 5.56 Å². The Morgan fingerprint density at radius 3 is 2.84 bits per heavy atom. The fourth-order valence-corrected chi connectivity index (χ4v) is 2.00. The van der Waals surface area contributed by atoms with Gasteiger partial charge >= 0.3 is 5.97 Å². The molecule has 1 saturated heterocycles. The molecule has 1 aliphatic rings. The van der Waals surface area contributed by atoms with Crippen molar-refractivity contribution in [3.8, 4) is 5.75 Å². The predicted molar refractivity (Wildman–Crippen MR) is 67.5 cm³/mol. The maximum Gasteiger partial charge on any atom is 0.332 e. The van der Waals surface area contributed by atoms with Crippen LogP contribution in [0.2, 0.25) is 0 Å².